The number of aryl methyl sites for hydroxylation is 1. The number of rotatable bonds is 1. The quantitative estimate of drug-likeness (QED) is 0.531. The molecule has 0 heterocycles. The molecule has 0 aromatic heterocycles. The van der Waals surface area contributed by atoms with Crippen LogP contribution in [0.15, 0.2) is 12.1 Å². The van der Waals surface area contributed by atoms with Gasteiger partial charge in [-0.2, -0.15) is 0 Å². The van der Waals surface area contributed by atoms with Gasteiger partial charge in [0.15, 0.2) is 0 Å². The number of fused-ring (bicyclic) bond motifs is 1. The van der Waals surface area contributed by atoms with Gasteiger partial charge in [-0.05, 0) is 60.3 Å². The molecule has 3 rings (SSSR count). The maximum absolute atomic E-state index is 6.51. The highest BCUT2D eigenvalue weighted by atomic mass is 35.5. The number of hydrogen-bond acceptors (Lipinski definition) is 0. The Bertz CT molecular complexity index is 430. The summed E-state index contributed by atoms with van der Waals surface area (Å²) in [6.07, 6.45) is 10.7. The van der Waals surface area contributed by atoms with Crippen LogP contribution in [-0.2, 0) is 6.42 Å². The van der Waals surface area contributed by atoms with Crippen molar-refractivity contribution < 1.29 is 0 Å². The van der Waals surface area contributed by atoms with Crippen LogP contribution in [0.3, 0.4) is 0 Å². The number of benzene rings is 1. The van der Waals surface area contributed by atoms with E-state index in [0.29, 0.717) is 5.92 Å². The molecule has 1 atom stereocenters. The lowest BCUT2D eigenvalue weighted by Gasteiger charge is -2.24. The summed E-state index contributed by atoms with van der Waals surface area (Å²) in [5, 5.41) is 1.03. The van der Waals surface area contributed by atoms with Crippen molar-refractivity contribution in [3.63, 3.8) is 0 Å². The van der Waals surface area contributed by atoms with Crippen LogP contribution in [0.25, 0.3) is 0 Å². The van der Waals surface area contributed by atoms with Crippen molar-refractivity contribution in [2.75, 3.05) is 0 Å². The topological polar surface area (TPSA) is 0 Å². The summed E-state index contributed by atoms with van der Waals surface area (Å²) in [5.74, 6) is 1.44. The van der Waals surface area contributed by atoms with E-state index in [0.717, 1.165) is 10.9 Å². The van der Waals surface area contributed by atoms with Gasteiger partial charge in [0.25, 0.3) is 0 Å². The molecule has 0 amide bonds. The standard InChI is InChI=1S/C16H21Cl.C3H8/c1-11-7-8-13-9-15(16(17)10-14(11)13)12-5-3-2-4-6-12;1-3-2/h9-12H,2-8H2,1H3;3H2,1-2H3. The average molecular weight is 293 g/mol. The first kappa shape index (κ1) is 15.9. The minimum absolute atomic E-state index is 0.711. The third-order valence-electron chi connectivity index (χ3n) is 4.68. The van der Waals surface area contributed by atoms with Gasteiger partial charge < -0.3 is 0 Å². The van der Waals surface area contributed by atoms with Crippen LogP contribution in [0, 0.1) is 0 Å². The fourth-order valence-electron chi connectivity index (χ4n) is 3.58. The van der Waals surface area contributed by atoms with Crippen molar-refractivity contribution >= 4 is 11.6 Å². The highest BCUT2D eigenvalue weighted by Crippen LogP contribution is 2.41. The van der Waals surface area contributed by atoms with Crippen LogP contribution < -0.4 is 0 Å². The first-order valence-electron chi connectivity index (χ1n) is 8.49. The van der Waals surface area contributed by atoms with E-state index in [4.69, 9.17) is 11.6 Å². The van der Waals surface area contributed by atoms with E-state index in [2.05, 4.69) is 32.9 Å². The summed E-state index contributed by atoms with van der Waals surface area (Å²) >= 11 is 6.51. The molecular weight excluding hydrogens is 264 g/mol. The molecule has 1 heteroatoms. The zero-order valence-corrected chi connectivity index (χ0v) is 14.1. The molecular formula is C19H29Cl. The van der Waals surface area contributed by atoms with Gasteiger partial charge in [0.1, 0.15) is 0 Å². The summed E-state index contributed by atoms with van der Waals surface area (Å²) in [6.45, 7) is 6.57. The first-order valence-corrected chi connectivity index (χ1v) is 8.87. The summed E-state index contributed by atoms with van der Waals surface area (Å²) in [6, 6.07) is 4.69. The molecule has 1 aromatic carbocycles. The largest absolute Gasteiger partial charge is 0.0840 e. The Morgan fingerprint density at radius 3 is 2.30 bits per heavy atom. The molecule has 2 aliphatic carbocycles. The monoisotopic (exact) mass is 292 g/mol. The second-order valence-electron chi connectivity index (χ2n) is 6.55. The van der Waals surface area contributed by atoms with E-state index in [1.807, 2.05) is 0 Å². The molecule has 20 heavy (non-hydrogen) atoms. The van der Waals surface area contributed by atoms with Crippen molar-refractivity contribution in [3.8, 4) is 0 Å². The summed E-state index contributed by atoms with van der Waals surface area (Å²) in [5.41, 5.74) is 4.52. The SMILES string of the molecule is CC1CCc2cc(C3CCCCC3)c(Cl)cc21.CCC. The fourth-order valence-corrected chi connectivity index (χ4v) is 3.91. The fraction of sp³-hybridized carbons (Fsp3) is 0.684. The van der Waals surface area contributed by atoms with Gasteiger partial charge in [0, 0.05) is 5.02 Å². The van der Waals surface area contributed by atoms with Gasteiger partial charge in [-0.25, -0.2) is 0 Å². The molecule has 0 radical (unpaired) electrons. The molecule has 112 valence electrons. The van der Waals surface area contributed by atoms with Gasteiger partial charge >= 0.3 is 0 Å². The summed E-state index contributed by atoms with van der Waals surface area (Å²) in [4.78, 5) is 0. The minimum atomic E-state index is 0.711. The van der Waals surface area contributed by atoms with E-state index >= 15 is 0 Å². The Hall–Kier alpha value is -0.490. The molecule has 2 aliphatic rings. The van der Waals surface area contributed by atoms with E-state index in [1.165, 1.54) is 62.5 Å². The van der Waals surface area contributed by atoms with Crippen molar-refractivity contribution in [1.82, 2.24) is 0 Å². The molecule has 0 nitrogen and oxygen atoms in total. The number of halogens is 1. The molecule has 1 aromatic rings. The van der Waals surface area contributed by atoms with E-state index in [9.17, 15) is 0 Å². The predicted octanol–water partition coefficient (Wildman–Crippen LogP) is 6.85. The van der Waals surface area contributed by atoms with Crippen molar-refractivity contribution in [3.05, 3.63) is 33.8 Å². The van der Waals surface area contributed by atoms with Crippen LogP contribution in [0.2, 0.25) is 5.02 Å². The zero-order valence-electron chi connectivity index (χ0n) is 13.3. The highest BCUT2D eigenvalue weighted by Gasteiger charge is 2.24. The molecule has 1 unspecified atom stereocenters. The Kier molecular flexibility index (Phi) is 5.96. The molecule has 0 spiro atoms. The number of hydrogen-bond donors (Lipinski definition) is 0. The van der Waals surface area contributed by atoms with Gasteiger partial charge in [-0.3, -0.25) is 0 Å². The van der Waals surface area contributed by atoms with Gasteiger partial charge in [0.2, 0.25) is 0 Å². The maximum atomic E-state index is 6.51. The van der Waals surface area contributed by atoms with Crippen LogP contribution in [-0.4, -0.2) is 0 Å². The van der Waals surface area contributed by atoms with Gasteiger partial charge in [0.05, 0.1) is 0 Å². The highest BCUT2D eigenvalue weighted by molar-refractivity contribution is 6.31. The molecule has 0 bridgehead atoms. The first-order chi connectivity index (χ1) is 9.67. The van der Waals surface area contributed by atoms with Crippen molar-refractivity contribution in [2.45, 2.75) is 84.0 Å². The van der Waals surface area contributed by atoms with E-state index < -0.39 is 0 Å². The lowest BCUT2D eigenvalue weighted by molar-refractivity contribution is 0.443. The summed E-state index contributed by atoms with van der Waals surface area (Å²) < 4.78 is 0. The maximum Gasteiger partial charge on any atom is 0.0443 e. The second-order valence-corrected chi connectivity index (χ2v) is 6.96. The van der Waals surface area contributed by atoms with Crippen LogP contribution in [0.1, 0.15) is 94.2 Å². The Morgan fingerprint density at radius 1 is 1.00 bits per heavy atom. The van der Waals surface area contributed by atoms with Crippen LogP contribution >= 0.6 is 11.6 Å². The molecule has 1 fully saturated rings. The summed E-state index contributed by atoms with van der Waals surface area (Å²) in [7, 11) is 0. The Morgan fingerprint density at radius 2 is 1.65 bits per heavy atom. The Labute approximate surface area is 129 Å². The molecule has 1 saturated carbocycles. The normalized spacial score (nSPS) is 22.1. The third-order valence-corrected chi connectivity index (χ3v) is 5.01. The smallest absolute Gasteiger partial charge is 0.0443 e. The van der Waals surface area contributed by atoms with Gasteiger partial charge in [-0.1, -0.05) is 64.1 Å². The lowest BCUT2D eigenvalue weighted by Crippen LogP contribution is -2.06. The lowest BCUT2D eigenvalue weighted by atomic mass is 9.83. The minimum Gasteiger partial charge on any atom is -0.0840 e. The molecule has 0 aliphatic heterocycles. The third kappa shape index (κ3) is 3.58. The van der Waals surface area contributed by atoms with Gasteiger partial charge in [-0.15, -0.1) is 0 Å². The van der Waals surface area contributed by atoms with E-state index in [-0.39, 0.29) is 0 Å². The van der Waals surface area contributed by atoms with Crippen LogP contribution in [0.4, 0.5) is 0 Å². The Balaban J connectivity index is 0.000000452. The van der Waals surface area contributed by atoms with Crippen molar-refractivity contribution in [1.29, 1.82) is 0 Å². The second kappa shape index (κ2) is 7.50. The predicted molar refractivity (Wildman–Crippen MR) is 90.0 cm³/mol. The van der Waals surface area contributed by atoms with E-state index in [1.54, 1.807) is 5.56 Å². The van der Waals surface area contributed by atoms with Crippen molar-refractivity contribution in [2.24, 2.45) is 0 Å². The van der Waals surface area contributed by atoms with Crippen LogP contribution in [0.5, 0.6) is 0 Å². The molecule has 0 N–H and O–H groups in total. The molecule has 0 saturated heterocycles. The zero-order chi connectivity index (χ0) is 14.5. The average Bonchev–Trinajstić information content (AvgIpc) is 2.81.